The number of allylic oxidation sites excluding steroid dienone is 1. The van der Waals surface area contributed by atoms with Gasteiger partial charge in [0.05, 0.1) is 47.7 Å². The number of nitrogens with one attached hydrogen (secondary N) is 3. The van der Waals surface area contributed by atoms with Gasteiger partial charge in [-0.2, -0.15) is 10.2 Å². The van der Waals surface area contributed by atoms with Crippen LogP contribution in [0.1, 0.15) is 30.1 Å². The van der Waals surface area contributed by atoms with Crippen LogP contribution in [0.25, 0.3) is 15.3 Å². The highest BCUT2D eigenvalue weighted by Crippen LogP contribution is 2.30. The molecule has 2 atom stereocenters. The van der Waals surface area contributed by atoms with Gasteiger partial charge in [0.15, 0.2) is 0 Å². The molecule has 3 aromatic rings. The average molecular weight is 511 g/mol. The number of amides is 2. The second-order valence-electron chi connectivity index (χ2n) is 9.12. The molecule has 2 amide bonds. The first-order chi connectivity index (χ1) is 17.4. The molecular weight excluding hydrogens is 480 g/mol. The lowest BCUT2D eigenvalue weighted by Crippen LogP contribution is -2.43. The van der Waals surface area contributed by atoms with E-state index in [1.54, 1.807) is 41.0 Å². The molecule has 2 aliphatic rings. The SMILES string of the molecule is COCC1CCCN1CC(=O)NC1=CNC(C)C(NC(=O)c2cnn3cc(-c4cnn(C)c4)sc23)=C1. The highest BCUT2D eigenvalue weighted by Gasteiger charge is 2.27. The van der Waals surface area contributed by atoms with E-state index in [0.29, 0.717) is 30.1 Å². The van der Waals surface area contributed by atoms with Crippen molar-refractivity contribution in [3.63, 3.8) is 0 Å². The Morgan fingerprint density at radius 3 is 2.89 bits per heavy atom. The number of thiazole rings is 1. The second-order valence-corrected chi connectivity index (χ2v) is 10.1. The fourth-order valence-electron chi connectivity index (χ4n) is 4.55. The summed E-state index contributed by atoms with van der Waals surface area (Å²) < 4.78 is 8.73. The summed E-state index contributed by atoms with van der Waals surface area (Å²) in [6, 6.07) is 0.146. The quantitative estimate of drug-likeness (QED) is 0.420. The number of dihydropyridines is 1. The average Bonchev–Trinajstić information content (AvgIpc) is 3.61. The summed E-state index contributed by atoms with van der Waals surface area (Å²) >= 11 is 1.48. The molecule has 1 fully saturated rings. The van der Waals surface area contributed by atoms with Crippen LogP contribution in [-0.2, 0) is 16.6 Å². The lowest BCUT2D eigenvalue weighted by Gasteiger charge is -2.25. The zero-order valence-electron chi connectivity index (χ0n) is 20.5. The fourth-order valence-corrected chi connectivity index (χ4v) is 5.58. The van der Waals surface area contributed by atoms with Crippen molar-refractivity contribution in [3.05, 3.63) is 54.0 Å². The van der Waals surface area contributed by atoms with Gasteiger partial charge in [0.25, 0.3) is 5.91 Å². The van der Waals surface area contributed by atoms with Gasteiger partial charge in [-0.15, -0.1) is 11.3 Å². The first-order valence-electron chi connectivity index (χ1n) is 11.9. The van der Waals surface area contributed by atoms with Crippen LogP contribution in [0.5, 0.6) is 0 Å². The van der Waals surface area contributed by atoms with E-state index < -0.39 is 0 Å². The third kappa shape index (κ3) is 5.06. The molecule has 3 N–H and O–H groups in total. The Hall–Kier alpha value is -3.48. The molecule has 5 heterocycles. The molecule has 5 rings (SSSR count). The van der Waals surface area contributed by atoms with Crippen LogP contribution < -0.4 is 16.0 Å². The molecule has 12 heteroatoms. The summed E-state index contributed by atoms with van der Waals surface area (Å²) in [5, 5.41) is 17.7. The van der Waals surface area contributed by atoms with Gasteiger partial charge in [-0.25, -0.2) is 4.52 Å². The van der Waals surface area contributed by atoms with Crippen molar-refractivity contribution >= 4 is 28.0 Å². The fraction of sp³-hybridized carbons (Fsp3) is 0.417. The standard InChI is InChI=1S/C24H30N8O3S/c1-15-20(7-17(9-25-15)28-22(33)13-31-6-4-5-18(31)14-35-3)29-23(34)19-10-27-32-12-21(36-24(19)32)16-8-26-30(2)11-16/h7-12,15,18,25H,4-6,13-14H2,1-3H3,(H,28,33)(H,29,34). The van der Waals surface area contributed by atoms with Gasteiger partial charge in [0.1, 0.15) is 4.83 Å². The van der Waals surface area contributed by atoms with Crippen molar-refractivity contribution in [3.8, 4) is 10.4 Å². The Balaban J connectivity index is 1.25. The van der Waals surface area contributed by atoms with Gasteiger partial charge in [0.2, 0.25) is 5.91 Å². The summed E-state index contributed by atoms with van der Waals surface area (Å²) in [5.74, 6) is -0.348. The highest BCUT2D eigenvalue weighted by molar-refractivity contribution is 7.21. The number of carbonyl (C=O) groups is 2. The minimum absolute atomic E-state index is 0.0950. The monoisotopic (exact) mass is 510 g/mol. The van der Waals surface area contributed by atoms with Crippen LogP contribution in [0.4, 0.5) is 0 Å². The maximum Gasteiger partial charge on any atom is 0.260 e. The second kappa shape index (κ2) is 10.2. The molecule has 190 valence electrons. The van der Waals surface area contributed by atoms with E-state index in [1.165, 1.54) is 11.3 Å². The predicted molar refractivity (Wildman–Crippen MR) is 136 cm³/mol. The number of methoxy groups -OCH3 is 1. The first-order valence-corrected chi connectivity index (χ1v) is 12.7. The zero-order chi connectivity index (χ0) is 25.2. The number of likely N-dealkylation sites (tertiary alicyclic amines) is 1. The van der Waals surface area contributed by atoms with Gasteiger partial charge in [-0.05, 0) is 32.4 Å². The van der Waals surface area contributed by atoms with Gasteiger partial charge < -0.3 is 20.7 Å². The van der Waals surface area contributed by atoms with Gasteiger partial charge >= 0.3 is 0 Å². The largest absolute Gasteiger partial charge is 0.383 e. The molecule has 0 aromatic carbocycles. The van der Waals surface area contributed by atoms with Crippen LogP contribution in [0, 0.1) is 0 Å². The predicted octanol–water partition coefficient (Wildman–Crippen LogP) is 1.47. The molecule has 2 aliphatic heterocycles. The third-order valence-electron chi connectivity index (χ3n) is 6.44. The topological polar surface area (TPSA) is 118 Å². The minimum Gasteiger partial charge on any atom is -0.383 e. The van der Waals surface area contributed by atoms with E-state index in [4.69, 9.17) is 4.74 Å². The van der Waals surface area contributed by atoms with E-state index in [9.17, 15) is 9.59 Å². The Labute approximate surface area is 212 Å². The molecule has 11 nitrogen and oxygen atoms in total. The van der Waals surface area contributed by atoms with E-state index in [1.807, 2.05) is 26.4 Å². The van der Waals surface area contributed by atoms with E-state index in [0.717, 1.165) is 34.7 Å². The van der Waals surface area contributed by atoms with Crippen LogP contribution in [0.3, 0.4) is 0 Å². The number of nitrogens with zero attached hydrogens (tertiary/aromatic N) is 5. The number of ether oxygens (including phenoxy) is 1. The molecule has 0 radical (unpaired) electrons. The van der Waals surface area contributed by atoms with Crippen molar-refractivity contribution in [1.82, 2.24) is 40.2 Å². The number of rotatable bonds is 8. The van der Waals surface area contributed by atoms with Crippen molar-refractivity contribution in [2.45, 2.75) is 31.8 Å². The molecule has 1 saturated heterocycles. The molecule has 2 unspecified atom stereocenters. The molecule has 3 aromatic heterocycles. The Kier molecular flexibility index (Phi) is 6.90. The summed E-state index contributed by atoms with van der Waals surface area (Å²) in [7, 11) is 3.55. The lowest BCUT2D eigenvalue weighted by molar-refractivity contribution is -0.121. The molecule has 0 saturated carbocycles. The van der Waals surface area contributed by atoms with Gasteiger partial charge in [-0.1, -0.05) is 0 Å². The molecule has 0 spiro atoms. The maximum absolute atomic E-state index is 13.2. The van der Waals surface area contributed by atoms with Crippen LogP contribution >= 0.6 is 11.3 Å². The number of hydrogen-bond donors (Lipinski definition) is 3. The Morgan fingerprint density at radius 1 is 1.25 bits per heavy atom. The van der Waals surface area contributed by atoms with Crippen LogP contribution in [-0.4, -0.2) is 75.0 Å². The molecule has 0 aliphatic carbocycles. The van der Waals surface area contributed by atoms with E-state index in [-0.39, 0.29) is 23.9 Å². The summed E-state index contributed by atoms with van der Waals surface area (Å²) in [5.41, 5.74) is 2.73. The smallest absolute Gasteiger partial charge is 0.260 e. The highest BCUT2D eigenvalue weighted by atomic mass is 32.1. The Bertz CT molecular complexity index is 1340. The Morgan fingerprint density at radius 2 is 2.11 bits per heavy atom. The van der Waals surface area contributed by atoms with Crippen LogP contribution in [0.15, 0.2) is 48.5 Å². The first kappa shape index (κ1) is 24.2. The summed E-state index contributed by atoms with van der Waals surface area (Å²) in [6.45, 7) is 3.77. The van der Waals surface area contributed by atoms with Crippen molar-refractivity contribution in [2.24, 2.45) is 7.05 Å². The van der Waals surface area contributed by atoms with E-state index >= 15 is 0 Å². The number of aryl methyl sites for hydroxylation is 1. The summed E-state index contributed by atoms with van der Waals surface area (Å²) in [4.78, 5) is 29.7. The molecule has 36 heavy (non-hydrogen) atoms. The number of carbonyl (C=O) groups excluding carboxylic acids is 2. The van der Waals surface area contributed by atoms with Crippen LogP contribution in [0.2, 0.25) is 0 Å². The molecular formula is C24H30N8O3S. The maximum atomic E-state index is 13.2. The van der Waals surface area contributed by atoms with Crippen molar-refractivity contribution in [2.75, 3.05) is 26.8 Å². The van der Waals surface area contributed by atoms with Gasteiger partial charge in [0, 0.05) is 50.1 Å². The zero-order valence-corrected chi connectivity index (χ0v) is 21.3. The van der Waals surface area contributed by atoms with E-state index in [2.05, 4.69) is 31.0 Å². The summed E-state index contributed by atoms with van der Waals surface area (Å²) in [6.07, 6.45) is 12.8. The number of fused-ring (bicyclic) bond motifs is 1. The number of aromatic nitrogens is 4. The lowest BCUT2D eigenvalue weighted by atomic mass is 10.1. The number of hydrogen-bond acceptors (Lipinski definition) is 8. The van der Waals surface area contributed by atoms with Crippen molar-refractivity contribution < 1.29 is 14.3 Å². The normalized spacial score (nSPS) is 20.2. The molecule has 0 bridgehead atoms. The third-order valence-corrected chi connectivity index (χ3v) is 7.60. The van der Waals surface area contributed by atoms with Crippen molar-refractivity contribution in [1.29, 1.82) is 0 Å². The van der Waals surface area contributed by atoms with Gasteiger partial charge in [-0.3, -0.25) is 19.2 Å². The minimum atomic E-state index is -0.253.